The predicted molar refractivity (Wildman–Crippen MR) is 93.2 cm³/mol. The molecule has 7 nitrogen and oxygen atoms in total. The summed E-state index contributed by atoms with van der Waals surface area (Å²) in [5, 5.41) is 4.38. The first kappa shape index (κ1) is 16.5. The molecule has 0 atom stereocenters. The van der Waals surface area contributed by atoms with E-state index in [2.05, 4.69) is 20.2 Å². The Morgan fingerprint density at radius 3 is 2.71 bits per heavy atom. The van der Waals surface area contributed by atoms with E-state index in [4.69, 9.17) is 4.42 Å². The number of nitrogens with zero attached hydrogens (tertiary/aromatic N) is 4. The van der Waals surface area contributed by atoms with Gasteiger partial charge < -0.3 is 19.5 Å². The van der Waals surface area contributed by atoms with Gasteiger partial charge in [-0.3, -0.25) is 9.79 Å². The molecule has 2 aromatic heterocycles. The van der Waals surface area contributed by atoms with E-state index in [1.165, 1.54) is 11.1 Å². The van der Waals surface area contributed by atoms with Gasteiger partial charge in [-0.1, -0.05) is 0 Å². The van der Waals surface area contributed by atoms with Crippen LogP contribution < -0.4 is 5.32 Å². The van der Waals surface area contributed by atoms with Gasteiger partial charge in [0.15, 0.2) is 11.7 Å². The molecule has 8 heteroatoms. The monoisotopic (exact) mass is 347 g/mol. The van der Waals surface area contributed by atoms with Crippen molar-refractivity contribution in [3.05, 3.63) is 40.2 Å². The number of aromatic nitrogens is 1. The smallest absolute Gasteiger partial charge is 0.289 e. The van der Waals surface area contributed by atoms with Gasteiger partial charge in [0.25, 0.3) is 5.91 Å². The van der Waals surface area contributed by atoms with Crippen LogP contribution in [-0.2, 0) is 6.54 Å². The highest BCUT2D eigenvalue weighted by Gasteiger charge is 2.25. The molecule has 0 aromatic carbocycles. The zero-order chi connectivity index (χ0) is 16.9. The fourth-order valence-electron chi connectivity index (χ4n) is 2.65. The van der Waals surface area contributed by atoms with Crippen molar-refractivity contribution >= 4 is 23.2 Å². The maximum Gasteiger partial charge on any atom is 0.289 e. The van der Waals surface area contributed by atoms with E-state index in [1.807, 2.05) is 18.0 Å². The normalized spacial score (nSPS) is 15.7. The summed E-state index contributed by atoms with van der Waals surface area (Å²) in [5.74, 6) is 1.18. The minimum absolute atomic E-state index is 0.0548. The van der Waals surface area contributed by atoms with Crippen molar-refractivity contribution in [2.24, 2.45) is 4.99 Å². The quantitative estimate of drug-likeness (QED) is 0.674. The predicted octanol–water partition coefficient (Wildman–Crippen LogP) is 1.58. The molecule has 0 spiro atoms. The average molecular weight is 347 g/mol. The summed E-state index contributed by atoms with van der Waals surface area (Å²) < 4.78 is 5.19. The lowest BCUT2D eigenvalue weighted by Gasteiger charge is -2.36. The van der Waals surface area contributed by atoms with E-state index in [9.17, 15) is 4.79 Å². The van der Waals surface area contributed by atoms with Crippen LogP contribution in [0.4, 0.5) is 0 Å². The van der Waals surface area contributed by atoms with Crippen LogP contribution in [0.1, 0.15) is 20.4 Å². The zero-order valence-electron chi connectivity index (χ0n) is 13.9. The standard InChI is InChI=1S/C16H21N5O2S/c1-12-10-18-14(24-12)11-19-16(17-2)21-7-5-20(6-8-21)15(22)13-4-3-9-23-13/h3-4,9-10H,5-8,11H2,1-2H3,(H,17,19). The molecule has 128 valence electrons. The number of aliphatic imine (C=N–C) groups is 1. The fourth-order valence-corrected chi connectivity index (χ4v) is 3.37. The Bertz CT molecular complexity index is 702. The zero-order valence-corrected chi connectivity index (χ0v) is 14.7. The minimum atomic E-state index is -0.0548. The molecule has 3 heterocycles. The van der Waals surface area contributed by atoms with E-state index < -0.39 is 0 Å². The van der Waals surface area contributed by atoms with E-state index in [1.54, 1.807) is 30.5 Å². The number of hydrogen-bond acceptors (Lipinski definition) is 5. The number of amides is 1. The lowest BCUT2D eigenvalue weighted by Crippen LogP contribution is -2.53. The third-order valence-electron chi connectivity index (χ3n) is 3.88. The Balaban J connectivity index is 1.52. The van der Waals surface area contributed by atoms with Crippen molar-refractivity contribution in [3.63, 3.8) is 0 Å². The van der Waals surface area contributed by atoms with Crippen LogP contribution in [-0.4, -0.2) is 59.9 Å². The number of aryl methyl sites for hydroxylation is 1. The molecule has 1 aliphatic rings. The number of piperazine rings is 1. The molecule has 1 fully saturated rings. The maximum absolute atomic E-state index is 12.3. The van der Waals surface area contributed by atoms with Gasteiger partial charge in [0.2, 0.25) is 0 Å². The molecule has 0 unspecified atom stereocenters. The second kappa shape index (κ2) is 7.48. The summed E-state index contributed by atoms with van der Waals surface area (Å²) >= 11 is 1.68. The molecule has 1 aliphatic heterocycles. The molecule has 3 rings (SSSR count). The van der Waals surface area contributed by atoms with Crippen molar-refractivity contribution in [1.29, 1.82) is 0 Å². The van der Waals surface area contributed by atoms with Gasteiger partial charge in [0.05, 0.1) is 12.8 Å². The summed E-state index contributed by atoms with van der Waals surface area (Å²) in [6, 6.07) is 3.43. The Morgan fingerprint density at radius 1 is 1.38 bits per heavy atom. The highest BCUT2D eigenvalue weighted by molar-refractivity contribution is 7.11. The Morgan fingerprint density at radius 2 is 2.12 bits per heavy atom. The molecular weight excluding hydrogens is 326 g/mol. The summed E-state index contributed by atoms with van der Waals surface area (Å²) in [7, 11) is 1.77. The van der Waals surface area contributed by atoms with Gasteiger partial charge in [-0.2, -0.15) is 0 Å². The molecular formula is C16H21N5O2S. The summed E-state index contributed by atoms with van der Waals surface area (Å²) in [4.78, 5) is 26.1. The van der Waals surface area contributed by atoms with Crippen LogP contribution in [0.5, 0.6) is 0 Å². The number of carbonyl (C=O) groups is 1. The van der Waals surface area contributed by atoms with Crippen molar-refractivity contribution in [2.45, 2.75) is 13.5 Å². The largest absolute Gasteiger partial charge is 0.459 e. The molecule has 0 aliphatic carbocycles. The first-order valence-electron chi connectivity index (χ1n) is 7.87. The van der Waals surface area contributed by atoms with Gasteiger partial charge in [0.1, 0.15) is 5.01 Å². The molecule has 2 aromatic rings. The van der Waals surface area contributed by atoms with Crippen molar-refractivity contribution < 1.29 is 9.21 Å². The van der Waals surface area contributed by atoms with Crippen molar-refractivity contribution in [2.75, 3.05) is 33.2 Å². The molecule has 0 radical (unpaired) electrons. The molecule has 1 amide bonds. The van der Waals surface area contributed by atoms with E-state index in [0.29, 0.717) is 25.4 Å². The van der Waals surface area contributed by atoms with Crippen molar-refractivity contribution in [3.8, 4) is 0 Å². The number of nitrogens with one attached hydrogen (secondary N) is 1. The van der Waals surface area contributed by atoms with Gasteiger partial charge in [0, 0.05) is 44.3 Å². The van der Waals surface area contributed by atoms with Crippen LogP contribution in [0.2, 0.25) is 0 Å². The summed E-state index contributed by atoms with van der Waals surface area (Å²) in [6.45, 7) is 5.49. The minimum Gasteiger partial charge on any atom is -0.459 e. The average Bonchev–Trinajstić information content (AvgIpc) is 3.27. The van der Waals surface area contributed by atoms with Gasteiger partial charge in [-0.15, -0.1) is 11.3 Å². The molecule has 1 saturated heterocycles. The second-order valence-corrected chi connectivity index (χ2v) is 6.84. The number of furan rings is 1. The van der Waals surface area contributed by atoms with Crippen LogP contribution in [0, 0.1) is 6.92 Å². The second-order valence-electron chi connectivity index (χ2n) is 5.52. The van der Waals surface area contributed by atoms with Gasteiger partial charge in [-0.05, 0) is 19.1 Å². The number of thiazole rings is 1. The van der Waals surface area contributed by atoms with Crippen LogP contribution in [0.3, 0.4) is 0 Å². The summed E-state index contributed by atoms with van der Waals surface area (Å²) in [6.07, 6.45) is 3.40. The molecule has 0 bridgehead atoms. The third-order valence-corrected chi connectivity index (χ3v) is 4.79. The number of rotatable bonds is 3. The van der Waals surface area contributed by atoms with E-state index in [0.717, 1.165) is 24.1 Å². The van der Waals surface area contributed by atoms with Crippen LogP contribution in [0.25, 0.3) is 0 Å². The lowest BCUT2D eigenvalue weighted by molar-refractivity contribution is 0.0657. The van der Waals surface area contributed by atoms with Crippen molar-refractivity contribution in [1.82, 2.24) is 20.1 Å². The number of hydrogen-bond donors (Lipinski definition) is 1. The SMILES string of the molecule is CN=C(NCc1ncc(C)s1)N1CCN(C(=O)c2ccco2)CC1. The van der Waals surface area contributed by atoms with Crippen LogP contribution >= 0.6 is 11.3 Å². The maximum atomic E-state index is 12.3. The lowest BCUT2D eigenvalue weighted by atomic mass is 10.3. The number of carbonyl (C=O) groups excluding carboxylic acids is 1. The Kier molecular flexibility index (Phi) is 5.14. The topological polar surface area (TPSA) is 74.0 Å². The molecule has 0 saturated carbocycles. The van der Waals surface area contributed by atoms with Crippen LogP contribution in [0.15, 0.2) is 34.0 Å². The first-order valence-corrected chi connectivity index (χ1v) is 8.68. The Labute approximate surface area is 145 Å². The highest BCUT2D eigenvalue weighted by atomic mass is 32.1. The third kappa shape index (κ3) is 3.76. The highest BCUT2D eigenvalue weighted by Crippen LogP contribution is 2.12. The van der Waals surface area contributed by atoms with E-state index >= 15 is 0 Å². The molecule has 1 N–H and O–H groups in total. The first-order chi connectivity index (χ1) is 11.7. The summed E-state index contributed by atoms with van der Waals surface area (Å²) in [5.41, 5.74) is 0. The number of guanidine groups is 1. The molecule has 24 heavy (non-hydrogen) atoms. The van der Waals surface area contributed by atoms with E-state index in [-0.39, 0.29) is 5.91 Å². The fraction of sp³-hybridized carbons (Fsp3) is 0.438. The van der Waals surface area contributed by atoms with Gasteiger partial charge >= 0.3 is 0 Å². The Hall–Kier alpha value is -2.35. The van der Waals surface area contributed by atoms with Gasteiger partial charge in [-0.25, -0.2) is 4.98 Å².